The van der Waals surface area contributed by atoms with Crippen molar-refractivity contribution in [1.82, 2.24) is 0 Å². The second-order valence-electron chi connectivity index (χ2n) is 4.20. The van der Waals surface area contributed by atoms with Crippen LogP contribution in [0.1, 0.15) is 24.8 Å². The SMILES string of the molecule is O/N=C1/CCCN(CCCF)c2ccccc21. The van der Waals surface area contributed by atoms with Crippen molar-refractivity contribution in [2.45, 2.75) is 19.3 Å². The van der Waals surface area contributed by atoms with Crippen molar-refractivity contribution < 1.29 is 9.60 Å². The van der Waals surface area contributed by atoms with Crippen LogP contribution in [0.15, 0.2) is 29.4 Å². The van der Waals surface area contributed by atoms with Gasteiger partial charge in [0.1, 0.15) is 0 Å². The Balaban J connectivity index is 2.32. The van der Waals surface area contributed by atoms with Gasteiger partial charge in [-0.15, -0.1) is 0 Å². The average molecular weight is 236 g/mol. The largest absolute Gasteiger partial charge is 0.411 e. The predicted octanol–water partition coefficient (Wildman–Crippen LogP) is 2.82. The summed E-state index contributed by atoms with van der Waals surface area (Å²) in [4.78, 5) is 2.17. The van der Waals surface area contributed by atoms with E-state index in [-0.39, 0.29) is 6.67 Å². The van der Waals surface area contributed by atoms with Crippen molar-refractivity contribution in [2.75, 3.05) is 24.7 Å². The van der Waals surface area contributed by atoms with E-state index >= 15 is 0 Å². The average Bonchev–Trinajstić information content (AvgIpc) is 2.55. The molecule has 1 heterocycles. The van der Waals surface area contributed by atoms with Crippen molar-refractivity contribution in [2.24, 2.45) is 5.16 Å². The Morgan fingerprint density at radius 3 is 2.94 bits per heavy atom. The highest BCUT2D eigenvalue weighted by molar-refractivity contribution is 6.05. The third-order valence-corrected chi connectivity index (χ3v) is 3.08. The minimum atomic E-state index is -0.292. The van der Waals surface area contributed by atoms with Crippen LogP contribution in [-0.2, 0) is 0 Å². The molecule has 1 aliphatic heterocycles. The highest BCUT2D eigenvalue weighted by atomic mass is 19.1. The van der Waals surface area contributed by atoms with Gasteiger partial charge in [0.2, 0.25) is 0 Å². The molecule has 0 saturated carbocycles. The maximum absolute atomic E-state index is 12.3. The molecule has 17 heavy (non-hydrogen) atoms. The van der Waals surface area contributed by atoms with E-state index in [0.717, 1.165) is 36.3 Å². The summed E-state index contributed by atoms with van der Waals surface area (Å²) in [7, 11) is 0. The first-order valence-corrected chi connectivity index (χ1v) is 5.98. The van der Waals surface area contributed by atoms with Crippen LogP contribution in [0.4, 0.5) is 10.1 Å². The lowest BCUT2D eigenvalue weighted by Crippen LogP contribution is -2.25. The Morgan fingerprint density at radius 1 is 1.35 bits per heavy atom. The van der Waals surface area contributed by atoms with Crippen molar-refractivity contribution in [3.8, 4) is 0 Å². The zero-order chi connectivity index (χ0) is 12.1. The molecule has 0 spiro atoms. The van der Waals surface area contributed by atoms with E-state index in [4.69, 9.17) is 5.21 Å². The summed E-state index contributed by atoms with van der Waals surface area (Å²) in [5.41, 5.74) is 2.74. The highest BCUT2D eigenvalue weighted by Crippen LogP contribution is 2.26. The minimum Gasteiger partial charge on any atom is -0.411 e. The summed E-state index contributed by atoms with van der Waals surface area (Å²) in [6, 6.07) is 7.85. The Kier molecular flexibility index (Phi) is 3.96. The van der Waals surface area contributed by atoms with E-state index in [1.54, 1.807) is 0 Å². The lowest BCUT2D eigenvalue weighted by molar-refractivity contribution is 0.318. The number of oxime groups is 1. The van der Waals surface area contributed by atoms with Crippen LogP contribution in [-0.4, -0.2) is 30.7 Å². The molecule has 3 nitrogen and oxygen atoms in total. The number of hydrogen-bond acceptors (Lipinski definition) is 3. The van der Waals surface area contributed by atoms with Crippen LogP contribution < -0.4 is 4.90 Å². The molecule has 0 aromatic heterocycles. The Bertz CT molecular complexity index is 406. The van der Waals surface area contributed by atoms with Crippen LogP contribution in [0, 0.1) is 0 Å². The van der Waals surface area contributed by atoms with E-state index in [1.807, 2.05) is 24.3 Å². The first-order valence-electron chi connectivity index (χ1n) is 5.98. The van der Waals surface area contributed by atoms with Crippen molar-refractivity contribution >= 4 is 11.4 Å². The first kappa shape index (κ1) is 11.9. The van der Waals surface area contributed by atoms with Gasteiger partial charge in [0.25, 0.3) is 0 Å². The minimum absolute atomic E-state index is 0.292. The normalized spacial score (nSPS) is 17.9. The Hall–Kier alpha value is -1.58. The number of hydrogen-bond donors (Lipinski definition) is 1. The van der Waals surface area contributed by atoms with Gasteiger partial charge >= 0.3 is 0 Å². The molecule has 0 unspecified atom stereocenters. The van der Waals surface area contributed by atoms with Gasteiger partial charge in [-0.1, -0.05) is 23.4 Å². The summed E-state index contributed by atoms with van der Waals surface area (Å²) in [6.07, 6.45) is 2.24. The maximum Gasteiger partial charge on any atom is 0.0911 e. The standard InChI is InChI=1S/C13H17FN2O/c14-8-4-10-16-9-3-6-12(15-17)11-5-1-2-7-13(11)16/h1-2,5,7,17H,3-4,6,8-10H2/b15-12-. The molecule has 0 fully saturated rings. The first-order chi connectivity index (χ1) is 8.36. The number of rotatable bonds is 3. The van der Waals surface area contributed by atoms with E-state index < -0.39 is 0 Å². The molecule has 1 N–H and O–H groups in total. The molecule has 1 aliphatic rings. The summed E-state index contributed by atoms with van der Waals surface area (Å²) in [6.45, 7) is 1.31. The lowest BCUT2D eigenvalue weighted by atomic mass is 10.1. The van der Waals surface area contributed by atoms with Crippen LogP contribution in [0.5, 0.6) is 0 Å². The molecule has 0 atom stereocenters. The second kappa shape index (κ2) is 5.66. The van der Waals surface area contributed by atoms with Crippen LogP contribution in [0.3, 0.4) is 0 Å². The van der Waals surface area contributed by atoms with Crippen molar-refractivity contribution in [1.29, 1.82) is 0 Å². The Labute approximate surface area is 101 Å². The number of halogens is 1. The molecule has 0 amide bonds. The number of benzene rings is 1. The molecule has 1 aromatic carbocycles. The maximum atomic E-state index is 12.3. The summed E-state index contributed by atoms with van der Waals surface area (Å²) in [5.74, 6) is 0. The predicted molar refractivity (Wildman–Crippen MR) is 66.8 cm³/mol. The van der Waals surface area contributed by atoms with Crippen LogP contribution in [0.2, 0.25) is 0 Å². The molecule has 1 aromatic rings. The van der Waals surface area contributed by atoms with Gasteiger partial charge in [-0.3, -0.25) is 4.39 Å². The number of nitrogens with zero attached hydrogens (tertiary/aromatic N) is 2. The molecule has 2 rings (SSSR count). The van der Waals surface area contributed by atoms with E-state index in [9.17, 15) is 4.39 Å². The van der Waals surface area contributed by atoms with E-state index in [0.29, 0.717) is 13.0 Å². The van der Waals surface area contributed by atoms with Gasteiger partial charge in [0.05, 0.1) is 12.4 Å². The number of alkyl halides is 1. The summed E-state index contributed by atoms with van der Waals surface area (Å²) < 4.78 is 12.3. The van der Waals surface area contributed by atoms with E-state index in [2.05, 4.69) is 10.1 Å². The van der Waals surface area contributed by atoms with Crippen molar-refractivity contribution in [3.05, 3.63) is 29.8 Å². The fourth-order valence-corrected chi connectivity index (χ4v) is 2.27. The third-order valence-electron chi connectivity index (χ3n) is 3.08. The van der Waals surface area contributed by atoms with Gasteiger partial charge in [-0.25, -0.2) is 0 Å². The molecule has 0 bridgehead atoms. The fraction of sp³-hybridized carbons (Fsp3) is 0.462. The topological polar surface area (TPSA) is 35.8 Å². The second-order valence-corrected chi connectivity index (χ2v) is 4.20. The zero-order valence-corrected chi connectivity index (χ0v) is 9.77. The summed E-state index contributed by atoms with van der Waals surface area (Å²) in [5, 5.41) is 12.4. The van der Waals surface area contributed by atoms with Gasteiger partial charge < -0.3 is 10.1 Å². The van der Waals surface area contributed by atoms with Crippen molar-refractivity contribution in [3.63, 3.8) is 0 Å². The van der Waals surface area contributed by atoms with Gasteiger partial charge in [-0.2, -0.15) is 0 Å². The van der Waals surface area contributed by atoms with E-state index in [1.165, 1.54) is 0 Å². The van der Waals surface area contributed by atoms with Gasteiger partial charge in [-0.05, 0) is 25.3 Å². The quantitative estimate of drug-likeness (QED) is 0.647. The molecule has 0 radical (unpaired) electrons. The smallest absolute Gasteiger partial charge is 0.0911 e. The molecular formula is C13H17FN2O. The number of para-hydroxylation sites is 1. The molecule has 4 heteroatoms. The monoisotopic (exact) mass is 236 g/mol. The van der Waals surface area contributed by atoms with Gasteiger partial charge in [0.15, 0.2) is 0 Å². The highest BCUT2D eigenvalue weighted by Gasteiger charge is 2.18. The molecule has 92 valence electrons. The fourth-order valence-electron chi connectivity index (χ4n) is 2.27. The van der Waals surface area contributed by atoms with Gasteiger partial charge in [0, 0.05) is 24.3 Å². The molecule has 0 saturated heterocycles. The third kappa shape index (κ3) is 2.57. The lowest BCUT2D eigenvalue weighted by Gasteiger charge is -2.24. The molecular weight excluding hydrogens is 219 g/mol. The van der Waals surface area contributed by atoms with Crippen LogP contribution >= 0.6 is 0 Å². The number of fused-ring (bicyclic) bond motifs is 1. The van der Waals surface area contributed by atoms with Crippen LogP contribution in [0.25, 0.3) is 0 Å². The molecule has 0 aliphatic carbocycles. The Morgan fingerprint density at radius 2 is 2.18 bits per heavy atom. The number of anilines is 1. The summed E-state index contributed by atoms with van der Waals surface area (Å²) >= 11 is 0. The zero-order valence-electron chi connectivity index (χ0n) is 9.77.